The van der Waals surface area contributed by atoms with Gasteiger partial charge in [-0.3, -0.25) is 0 Å². The lowest BCUT2D eigenvalue weighted by atomic mass is 10.1. The van der Waals surface area contributed by atoms with Gasteiger partial charge in [0, 0.05) is 18.8 Å². The van der Waals surface area contributed by atoms with Crippen molar-refractivity contribution < 1.29 is 5.11 Å². The molecule has 17 heavy (non-hydrogen) atoms. The highest BCUT2D eigenvalue weighted by atomic mass is 35.5. The fourth-order valence-corrected chi connectivity index (χ4v) is 2.53. The van der Waals surface area contributed by atoms with Gasteiger partial charge in [-0.1, -0.05) is 29.3 Å². The number of thioether (sulfide) groups is 1. The summed E-state index contributed by atoms with van der Waals surface area (Å²) in [4.78, 5) is 0. The zero-order chi connectivity index (χ0) is 12.9. The first-order chi connectivity index (χ1) is 7.94. The molecule has 0 aromatic heterocycles. The molecule has 96 valence electrons. The summed E-state index contributed by atoms with van der Waals surface area (Å²) in [5.74, 6) is 0.710. The Morgan fingerprint density at radius 3 is 2.65 bits per heavy atom. The molecule has 0 fully saturated rings. The van der Waals surface area contributed by atoms with Crippen LogP contribution in [-0.2, 0) is 6.54 Å². The zero-order valence-corrected chi connectivity index (χ0v) is 12.3. The predicted molar refractivity (Wildman–Crippen MR) is 77.2 cm³/mol. The minimum atomic E-state index is -0.685. The van der Waals surface area contributed by atoms with Gasteiger partial charge < -0.3 is 10.4 Å². The van der Waals surface area contributed by atoms with Crippen LogP contribution in [0.4, 0.5) is 0 Å². The van der Waals surface area contributed by atoms with E-state index in [1.165, 1.54) is 0 Å². The fourth-order valence-electron chi connectivity index (χ4n) is 1.49. The van der Waals surface area contributed by atoms with E-state index in [0.717, 1.165) is 5.56 Å². The Hall–Kier alpha value is 0.0700. The van der Waals surface area contributed by atoms with Crippen LogP contribution in [0.5, 0.6) is 0 Å². The summed E-state index contributed by atoms with van der Waals surface area (Å²) in [7, 11) is 0. The minimum absolute atomic E-state index is 0.550. The summed E-state index contributed by atoms with van der Waals surface area (Å²) in [6.07, 6.45) is 1.98. The van der Waals surface area contributed by atoms with Gasteiger partial charge in [-0.05, 0) is 30.9 Å². The van der Waals surface area contributed by atoms with Crippen molar-refractivity contribution in [3.8, 4) is 0 Å². The molecule has 5 heteroatoms. The zero-order valence-electron chi connectivity index (χ0n) is 9.96. The molecule has 2 nitrogen and oxygen atoms in total. The molecule has 2 N–H and O–H groups in total. The normalized spacial score (nSPS) is 14.6. The molecular weight excluding hydrogens is 277 g/mol. The molecule has 0 heterocycles. The quantitative estimate of drug-likeness (QED) is 0.845. The van der Waals surface area contributed by atoms with Crippen LogP contribution in [0.25, 0.3) is 0 Å². The highest BCUT2D eigenvalue weighted by Gasteiger charge is 2.18. The number of hydrogen-bond donors (Lipinski definition) is 2. The average molecular weight is 294 g/mol. The molecule has 0 bridgehead atoms. The van der Waals surface area contributed by atoms with Crippen LogP contribution in [0, 0.1) is 0 Å². The van der Waals surface area contributed by atoms with E-state index in [9.17, 15) is 5.11 Å². The third-order valence-corrected chi connectivity index (χ3v) is 3.92. The van der Waals surface area contributed by atoms with Crippen LogP contribution >= 0.6 is 35.0 Å². The predicted octanol–water partition coefficient (Wildman–Crippen LogP) is 3.20. The first kappa shape index (κ1) is 15.1. The smallest absolute Gasteiger partial charge is 0.0833 e. The Bertz CT molecular complexity index is 372. The second-order valence-electron chi connectivity index (χ2n) is 4.28. The summed E-state index contributed by atoms with van der Waals surface area (Å²) < 4.78 is 0. The van der Waals surface area contributed by atoms with Crippen molar-refractivity contribution in [2.24, 2.45) is 0 Å². The van der Waals surface area contributed by atoms with Crippen LogP contribution in [0.15, 0.2) is 18.2 Å². The lowest BCUT2D eigenvalue weighted by Gasteiger charge is -2.22. The van der Waals surface area contributed by atoms with E-state index in [4.69, 9.17) is 23.2 Å². The second kappa shape index (κ2) is 6.86. The van der Waals surface area contributed by atoms with Crippen LogP contribution in [0.1, 0.15) is 12.5 Å². The summed E-state index contributed by atoms with van der Waals surface area (Å²) >= 11 is 13.4. The lowest BCUT2D eigenvalue weighted by molar-refractivity contribution is 0.0846. The standard InChI is InChI=1S/C12H17Cl2NOS/c1-12(16,8-17-2)7-15-6-9-3-4-10(13)11(14)5-9/h3-5,15-16H,6-8H2,1-2H3. The number of nitrogens with one attached hydrogen (secondary N) is 1. The summed E-state index contributed by atoms with van der Waals surface area (Å²) in [5.41, 5.74) is 0.370. The fraction of sp³-hybridized carbons (Fsp3) is 0.500. The monoisotopic (exact) mass is 293 g/mol. The molecule has 0 saturated heterocycles. The van der Waals surface area contributed by atoms with Gasteiger partial charge in [-0.2, -0.15) is 11.8 Å². The van der Waals surface area contributed by atoms with Crippen LogP contribution in [0.2, 0.25) is 10.0 Å². The molecule has 0 saturated carbocycles. The molecule has 0 spiro atoms. The summed E-state index contributed by atoms with van der Waals surface area (Å²) in [6.45, 7) is 3.04. The van der Waals surface area contributed by atoms with Crippen molar-refractivity contribution in [3.05, 3.63) is 33.8 Å². The largest absolute Gasteiger partial charge is 0.388 e. The van der Waals surface area contributed by atoms with Gasteiger partial charge in [-0.15, -0.1) is 0 Å². The maximum atomic E-state index is 9.96. The van der Waals surface area contributed by atoms with Gasteiger partial charge in [0.25, 0.3) is 0 Å². The number of aliphatic hydroxyl groups is 1. The van der Waals surface area contributed by atoms with E-state index in [2.05, 4.69) is 5.32 Å². The molecule has 1 aromatic carbocycles. The Labute approximate surface area is 117 Å². The van der Waals surface area contributed by atoms with Gasteiger partial charge in [0.15, 0.2) is 0 Å². The van der Waals surface area contributed by atoms with Crippen molar-refractivity contribution in [1.82, 2.24) is 5.32 Å². The Morgan fingerprint density at radius 1 is 1.35 bits per heavy atom. The molecule has 1 rings (SSSR count). The minimum Gasteiger partial charge on any atom is -0.388 e. The highest BCUT2D eigenvalue weighted by Crippen LogP contribution is 2.22. The van der Waals surface area contributed by atoms with Crippen LogP contribution in [0.3, 0.4) is 0 Å². The Balaban J connectivity index is 2.43. The second-order valence-corrected chi connectivity index (χ2v) is 5.96. The molecule has 0 aliphatic heterocycles. The van der Waals surface area contributed by atoms with E-state index in [-0.39, 0.29) is 0 Å². The van der Waals surface area contributed by atoms with Crippen molar-refractivity contribution >= 4 is 35.0 Å². The first-order valence-electron chi connectivity index (χ1n) is 5.30. The van der Waals surface area contributed by atoms with E-state index in [1.54, 1.807) is 17.8 Å². The highest BCUT2D eigenvalue weighted by molar-refractivity contribution is 7.98. The van der Waals surface area contributed by atoms with E-state index < -0.39 is 5.60 Å². The molecule has 0 amide bonds. The topological polar surface area (TPSA) is 32.3 Å². The number of benzene rings is 1. The SMILES string of the molecule is CSCC(C)(O)CNCc1ccc(Cl)c(Cl)c1. The maximum Gasteiger partial charge on any atom is 0.0833 e. The third-order valence-electron chi connectivity index (χ3n) is 2.27. The average Bonchev–Trinajstić information content (AvgIpc) is 2.23. The van der Waals surface area contributed by atoms with E-state index in [0.29, 0.717) is 28.9 Å². The summed E-state index contributed by atoms with van der Waals surface area (Å²) in [6, 6.07) is 5.53. The molecule has 1 unspecified atom stereocenters. The molecule has 0 radical (unpaired) electrons. The molecule has 0 aliphatic carbocycles. The maximum absolute atomic E-state index is 9.96. The summed E-state index contributed by atoms with van der Waals surface area (Å²) in [5, 5.41) is 14.3. The van der Waals surface area contributed by atoms with Gasteiger partial charge in [0.1, 0.15) is 0 Å². The van der Waals surface area contributed by atoms with Crippen molar-refractivity contribution in [1.29, 1.82) is 0 Å². The van der Waals surface area contributed by atoms with Crippen molar-refractivity contribution in [2.45, 2.75) is 19.1 Å². The van der Waals surface area contributed by atoms with Gasteiger partial charge in [0.2, 0.25) is 0 Å². The number of halogens is 2. The number of hydrogen-bond acceptors (Lipinski definition) is 3. The van der Waals surface area contributed by atoms with E-state index in [1.807, 2.05) is 25.3 Å². The van der Waals surface area contributed by atoms with Crippen LogP contribution in [-0.4, -0.2) is 29.3 Å². The van der Waals surface area contributed by atoms with E-state index >= 15 is 0 Å². The number of rotatable bonds is 6. The first-order valence-corrected chi connectivity index (χ1v) is 7.45. The van der Waals surface area contributed by atoms with Crippen LogP contribution < -0.4 is 5.32 Å². The molecule has 0 aliphatic rings. The van der Waals surface area contributed by atoms with Gasteiger partial charge >= 0.3 is 0 Å². The third kappa shape index (κ3) is 5.49. The molecular formula is C12H17Cl2NOS. The van der Waals surface area contributed by atoms with Crippen molar-refractivity contribution in [3.63, 3.8) is 0 Å². The van der Waals surface area contributed by atoms with Gasteiger partial charge in [0.05, 0.1) is 15.6 Å². The Morgan fingerprint density at radius 2 is 2.06 bits per heavy atom. The Kier molecular flexibility index (Phi) is 6.10. The van der Waals surface area contributed by atoms with Gasteiger partial charge in [-0.25, -0.2) is 0 Å². The van der Waals surface area contributed by atoms with Crippen molar-refractivity contribution in [2.75, 3.05) is 18.6 Å². The molecule has 1 atom stereocenters. The molecule has 1 aromatic rings. The lowest BCUT2D eigenvalue weighted by Crippen LogP contribution is -2.39.